The summed E-state index contributed by atoms with van der Waals surface area (Å²) in [7, 11) is 0. The second-order valence-electron chi connectivity index (χ2n) is 3.86. The van der Waals surface area contributed by atoms with E-state index >= 15 is 0 Å². The van der Waals surface area contributed by atoms with Crippen LogP contribution < -0.4 is 5.73 Å². The first-order valence-corrected chi connectivity index (χ1v) is 5.47. The summed E-state index contributed by atoms with van der Waals surface area (Å²) in [5.74, 6) is 1.81. The molecule has 2 N–H and O–H groups in total. The van der Waals surface area contributed by atoms with Crippen LogP contribution in [0.3, 0.4) is 0 Å². The minimum atomic E-state index is -0.0710. The van der Waals surface area contributed by atoms with Gasteiger partial charge in [0, 0.05) is 13.0 Å². The molecule has 0 saturated heterocycles. The molecule has 1 heterocycles. The molecule has 0 bridgehead atoms. The number of hydrogen-bond acceptors (Lipinski definition) is 5. The molecule has 1 aromatic rings. The van der Waals surface area contributed by atoms with Gasteiger partial charge in [-0.25, -0.2) is 0 Å². The Hall–Kier alpha value is -0.940. The Morgan fingerprint density at radius 1 is 1.60 bits per heavy atom. The van der Waals surface area contributed by atoms with E-state index in [1.807, 2.05) is 6.92 Å². The Balaban J connectivity index is 1.85. The Morgan fingerprint density at radius 2 is 2.40 bits per heavy atom. The lowest BCUT2D eigenvalue weighted by molar-refractivity contribution is 0.149. The number of nitrogens with zero attached hydrogens (tertiary/aromatic N) is 2. The predicted octanol–water partition coefficient (Wildman–Crippen LogP) is 1.06. The molecule has 1 saturated carbocycles. The number of aromatic nitrogens is 2. The second kappa shape index (κ2) is 4.72. The van der Waals surface area contributed by atoms with Gasteiger partial charge >= 0.3 is 0 Å². The lowest BCUT2D eigenvalue weighted by Gasteiger charge is -2.01. The molecule has 84 valence electrons. The van der Waals surface area contributed by atoms with Gasteiger partial charge in [-0.3, -0.25) is 0 Å². The van der Waals surface area contributed by atoms with Crippen LogP contribution in [-0.4, -0.2) is 23.4 Å². The third kappa shape index (κ3) is 2.76. The highest BCUT2D eigenvalue weighted by Crippen LogP contribution is 2.38. The summed E-state index contributed by atoms with van der Waals surface area (Å²) in [6.45, 7) is 3.31. The zero-order valence-corrected chi connectivity index (χ0v) is 8.98. The Morgan fingerprint density at radius 3 is 3.07 bits per heavy atom. The third-order valence-corrected chi connectivity index (χ3v) is 2.57. The molecule has 2 rings (SSSR count). The summed E-state index contributed by atoms with van der Waals surface area (Å²) in [6, 6.07) is -0.0710. The summed E-state index contributed by atoms with van der Waals surface area (Å²) in [5.41, 5.74) is 5.94. The van der Waals surface area contributed by atoms with E-state index in [-0.39, 0.29) is 6.04 Å². The smallest absolute Gasteiger partial charge is 0.243 e. The van der Waals surface area contributed by atoms with Crippen molar-refractivity contribution in [3.63, 3.8) is 0 Å². The molecule has 0 aliphatic heterocycles. The van der Waals surface area contributed by atoms with Crippen molar-refractivity contribution in [2.45, 2.75) is 32.2 Å². The van der Waals surface area contributed by atoms with Crippen LogP contribution in [0.5, 0.6) is 0 Å². The summed E-state index contributed by atoms with van der Waals surface area (Å²) in [5, 5.41) is 3.87. The minimum Gasteiger partial charge on any atom is -0.381 e. The molecule has 1 atom stereocenters. The summed E-state index contributed by atoms with van der Waals surface area (Å²) in [4.78, 5) is 4.26. The fourth-order valence-corrected chi connectivity index (χ4v) is 1.47. The summed E-state index contributed by atoms with van der Waals surface area (Å²) in [6.07, 6.45) is 3.05. The van der Waals surface area contributed by atoms with Gasteiger partial charge in [0.2, 0.25) is 5.89 Å². The van der Waals surface area contributed by atoms with Crippen LogP contribution >= 0.6 is 0 Å². The van der Waals surface area contributed by atoms with E-state index in [1.54, 1.807) is 0 Å². The largest absolute Gasteiger partial charge is 0.381 e. The maximum Gasteiger partial charge on any atom is 0.243 e. The molecule has 1 unspecified atom stereocenters. The monoisotopic (exact) mass is 211 g/mol. The molecule has 1 aliphatic rings. The Bertz CT molecular complexity index is 309. The number of nitrogens with two attached hydrogens (primary N) is 1. The minimum absolute atomic E-state index is 0.0710. The molecule has 0 spiro atoms. The van der Waals surface area contributed by atoms with Gasteiger partial charge in [0.25, 0.3) is 0 Å². The molecule has 1 aromatic heterocycles. The van der Waals surface area contributed by atoms with Gasteiger partial charge in [0.15, 0.2) is 5.82 Å². The van der Waals surface area contributed by atoms with Crippen molar-refractivity contribution in [1.29, 1.82) is 0 Å². The summed E-state index contributed by atoms with van der Waals surface area (Å²) >= 11 is 0. The van der Waals surface area contributed by atoms with E-state index in [1.165, 1.54) is 12.8 Å². The van der Waals surface area contributed by atoms with Crippen LogP contribution in [0.15, 0.2) is 4.52 Å². The average molecular weight is 211 g/mol. The van der Waals surface area contributed by atoms with Crippen molar-refractivity contribution in [1.82, 2.24) is 10.1 Å². The van der Waals surface area contributed by atoms with Crippen molar-refractivity contribution in [3.8, 4) is 0 Å². The van der Waals surface area contributed by atoms with Gasteiger partial charge in [-0.1, -0.05) is 5.16 Å². The quantitative estimate of drug-likeness (QED) is 0.712. The molecule has 1 aliphatic carbocycles. The number of hydrogen-bond donors (Lipinski definition) is 1. The van der Waals surface area contributed by atoms with Gasteiger partial charge in [0.1, 0.15) is 0 Å². The fourth-order valence-electron chi connectivity index (χ4n) is 1.47. The van der Waals surface area contributed by atoms with Crippen molar-refractivity contribution < 1.29 is 9.26 Å². The highest BCUT2D eigenvalue weighted by molar-refractivity contribution is 4.98. The predicted molar refractivity (Wildman–Crippen MR) is 54.1 cm³/mol. The first kappa shape index (κ1) is 10.6. The van der Waals surface area contributed by atoms with Gasteiger partial charge < -0.3 is 15.0 Å². The zero-order chi connectivity index (χ0) is 10.7. The lowest BCUT2D eigenvalue weighted by Crippen LogP contribution is -2.12. The maximum atomic E-state index is 5.94. The van der Waals surface area contributed by atoms with Gasteiger partial charge in [0.05, 0.1) is 12.6 Å². The first-order chi connectivity index (χ1) is 7.31. The van der Waals surface area contributed by atoms with Gasteiger partial charge in [-0.05, 0) is 25.7 Å². The standard InChI is InChI=1S/C10H17N3O2/c1-2-14-6-5-8-12-10(15-13-8)9(11)7-3-4-7/h7,9H,2-6,11H2,1H3. The first-order valence-electron chi connectivity index (χ1n) is 5.47. The maximum absolute atomic E-state index is 5.94. The van der Waals surface area contributed by atoms with E-state index in [0.29, 0.717) is 37.3 Å². The van der Waals surface area contributed by atoms with Crippen molar-refractivity contribution >= 4 is 0 Å². The number of rotatable bonds is 6. The van der Waals surface area contributed by atoms with Crippen LogP contribution in [0, 0.1) is 5.92 Å². The number of ether oxygens (including phenoxy) is 1. The van der Waals surface area contributed by atoms with E-state index in [2.05, 4.69) is 10.1 Å². The average Bonchev–Trinajstić information content (AvgIpc) is 2.98. The topological polar surface area (TPSA) is 74.2 Å². The SMILES string of the molecule is CCOCCc1noc(C(N)C2CC2)n1. The second-order valence-corrected chi connectivity index (χ2v) is 3.86. The lowest BCUT2D eigenvalue weighted by atomic mass is 10.2. The van der Waals surface area contributed by atoms with E-state index in [9.17, 15) is 0 Å². The van der Waals surface area contributed by atoms with Crippen molar-refractivity contribution in [2.24, 2.45) is 11.7 Å². The Kier molecular flexibility index (Phi) is 3.33. The molecule has 1 fully saturated rings. The van der Waals surface area contributed by atoms with Gasteiger partial charge in [-0.2, -0.15) is 4.98 Å². The molecule has 5 heteroatoms. The van der Waals surface area contributed by atoms with Crippen molar-refractivity contribution in [3.05, 3.63) is 11.7 Å². The highest BCUT2D eigenvalue weighted by atomic mass is 16.5. The van der Waals surface area contributed by atoms with E-state index in [0.717, 1.165) is 0 Å². The molecule has 5 nitrogen and oxygen atoms in total. The van der Waals surface area contributed by atoms with Crippen LogP contribution in [-0.2, 0) is 11.2 Å². The normalized spacial score (nSPS) is 18.0. The highest BCUT2D eigenvalue weighted by Gasteiger charge is 2.33. The van der Waals surface area contributed by atoms with Crippen LogP contribution in [0.1, 0.15) is 37.5 Å². The molecule has 0 aromatic carbocycles. The third-order valence-electron chi connectivity index (χ3n) is 2.57. The van der Waals surface area contributed by atoms with Crippen molar-refractivity contribution in [2.75, 3.05) is 13.2 Å². The van der Waals surface area contributed by atoms with E-state index in [4.69, 9.17) is 15.0 Å². The summed E-state index contributed by atoms with van der Waals surface area (Å²) < 4.78 is 10.3. The molecule has 0 amide bonds. The fraction of sp³-hybridized carbons (Fsp3) is 0.800. The van der Waals surface area contributed by atoms with Crippen LogP contribution in [0.4, 0.5) is 0 Å². The molecular formula is C10H17N3O2. The Labute approximate surface area is 89.0 Å². The molecular weight excluding hydrogens is 194 g/mol. The molecule has 0 radical (unpaired) electrons. The van der Waals surface area contributed by atoms with Crippen LogP contribution in [0.2, 0.25) is 0 Å². The van der Waals surface area contributed by atoms with Gasteiger partial charge in [-0.15, -0.1) is 0 Å². The van der Waals surface area contributed by atoms with Crippen LogP contribution in [0.25, 0.3) is 0 Å². The van der Waals surface area contributed by atoms with E-state index < -0.39 is 0 Å². The molecule has 15 heavy (non-hydrogen) atoms. The zero-order valence-electron chi connectivity index (χ0n) is 8.98.